The molecule has 0 atom stereocenters. The molecule has 1 heterocycles. The monoisotopic (exact) mass is 307 g/mol. The maximum atomic E-state index is 14.0. The molecular formula is C15H18FN3OS. The van der Waals surface area contributed by atoms with Gasteiger partial charge in [-0.05, 0) is 37.9 Å². The first kappa shape index (κ1) is 14.4. The van der Waals surface area contributed by atoms with Crippen LogP contribution in [-0.2, 0) is 6.42 Å². The lowest BCUT2D eigenvalue weighted by Gasteiger charge is -2.05. The maximum Gasteiger partial charge on any atom is 0.154 e. The number of nitrogens with one attached hydrogen (secondary N) is 1. The molecule has 6 heteroatoms. The van der Waals surface area contributed by atoms with Crippen LogP contribution in [0.25, 0.3) is 10.6 Å². The van der Waals surface area contributed by atoms with Gasteiger partial charge in [0.25, 0.3) is 0 Å². The topological polar surface area (TPSA) is 47.0 Å². The van der Waals surface area contributed by atoms with Gasteiger partial charge in [0.15, 0.2) is 5.01 Å². The Morgan fingerprint density at radius 2 is 2.24 bits per heavy atom. The van der Waals surface area contributed by atoms with Crippen LogP contribution in [0.3, 0.4) is 0 Å². The standard InChI is InChI=1S/C15H18FN3OS/c1-20-12-5-2-4-11(16)14(12)15-19-18-13(21-15)6-3-9-17-10-7-8-10/h2,4-5,10,17H,3,6-9H2,1H3. The summed E-state index contributed by atoms with van der Waals surface area (Å²) in [7, 11) is 1.53. The molecule has 0 bridgehead atoms. The molecule has 1 aliphatic carbocycles. The number of hydrogen-bond acceptors (Lipinski definition) is 5. The van der Waals surface area contributed by atoms with Gasteiger partial charge in [-0.3, -0.25) is 0 Å². The summed E-state index contributed by atoms with van der Waals surface area (Å²) in [5.41, 5.74) is 0.403. The normalized spacial score (nSPS) is 14.4. The SMILES string of the molecule is COc1cccc(F)c1-c1nnc(CCCNC2CC2)s1. The molecule has 0 aliphatic heterocycles. The minimum atomic E-state index is -0.326. The highest BCUT2D eigenvalue weighted by molar-refractivity contribution is 7.14. The molecule has 21 heavy (non-hydrogen) atoms. The van der Waals surface area contributed by atoms with E-state index < -0.39 is 0 Å². The molecule has 0 radical (unpaired) electrons. The van der Waals surface area contributed by atoms with Crippen LogP contribution in [-0.4, -0.2) is 29.9 Å². The van der Waals surface area contributed by atoms with E-state index in [4.69, 9.17) is 4.74 Å². The third-order valence-electron chi connectivity index (χ3n) is 3.45. The van der Waals surface area contributed by atoms with E-state index in [-0.39, 0.29) is 5.82 Å². The number of ether oxygens (including phenoxy) is 1. The van der Waals surface area contributed by atoms with Crippen molar-refractivity contribution in [1.82, 2.24) is 15.5 Å². The van der Waals surface area contributed by atoms with Gasteiger partial charge >= 0.3 is 0 Å². The summed E-state index contributed by atoms with van der Waals surface area (Å²) in [5, 5.41) is 13.3. The first-order chi connectivity index (χ1) is 10.3. The number of methoxy groups -OCH3 is 1. The number of aromatic nitrogens is 2. The molecule has 1 fully saturated rings. The van der Waals surface area contributed by atoms with Crippen LogP contribution in [0.4, 0.5) is 4.39 Å². The lowest BCUT2D eigenvalue weighted by molar-refractivity contribution is 0.413. The second kappa shape index (κ2) is 6.49. The summed E-state index contributed by atoms with van der Waals surface area (Å²) in [4.78, 5) is 0. The van der Waals surface area contributed by atoms with Gasteiger partial charge in [0.2, 0.25) is 0 Å². The minimum absolute atomic E-state index is 0.326. The number of benzene rings is 1. The molecule has 2 aromatic rings. The van der Waals surface area contributed by atoms with Gasteiger partial charge in [-0.1, -0.05) is 17.4 Å². The molecule has 0 unspecified atom stereocenters. The second-order valence-corrected chi connectivity index (χ2v) is 6.21. The highest BCUT2D eigenvalue weighted by atomic mass is 32.1. The van der Waals surface area contributed by atoms with E-state index in [1.54, 1.807) is 12.1 Å². The number of aryl methyl sites for hydroxylation is 1. The summed E-state index contributed by atoms with van der Waals surface area (Å²) >= 11 is 1.43. The zero-order valence-electron chi connectivity index (χ0n) is 11.9. The quantitative estimate of drug-likeness (QED) is 0.799. The molecule has 1 saturated carbocycles. The smallest absolute Gasteiger partial charge is 0.154 e. The molecule has 0 spiro atoms. The van der Waals surface area contributed by atoms with Gasteiger partial charge in [0.1, 0.15) is 16.6 Å². The predicted molar refractivity (Wildman–Crippen MR) is 81.2 cm³/mol. The van der Waals surface area contributed by atoms with E-state index in [1.165, 1.54) is 37.4 Å². The molecule has 1 aromatic heterocycles. The number of hydrogen-bond donors (Lipinski definition) is 1. The third kappa shape index (κ3) is 3.57. The van der Waals surface area contributed by atoms with E-state index in [0.29, 0.717) is 16.3 Å². The van der Waals surface area contributed by atoms with E-state index in [1.807, 2.05) is 0 Å². The Morgan fingerprint density at radius 1 is 1.38 bits per heavy atom. The predicted octanol–water partition coefficient (Wildman–Crippen LogP) is 3.04. The van der Waals surface area contributed by atoms with Crippen molar-refractivity contribution in [3.63, 3.8) is 0 Å². The van der Waals surface area contributed by atoms with Crippen molar-refractivity contribution in [2.24, 2.45) is 0 Å². The zero-order chi connectivity index (χ0) is 14.7. The minimum Gasteiger partial charge on any atom is -0.496 e. The fourth-order valence-electron chi connectivity index (χ4n) is 2.17. The van der Waals surface area contributed by atoms with Gasteiger partial charge in [-0.15, -0.1) is 10.2 Å². The highest BCUT2D eigenvalue weighted by Gasteiger charge is 2.20. The highest BCUT2D eigenvalue weighted by Crippen LogP contribution is 2.34. The molecular weight excluding hydrogens is 289 g/mol. The van der Waals surface area contributed by atoms with Gasteiger partial charge < -0.3 is 10.1 Å². The van der Waals surface area contributed by atoms with E-state index in [9.17, 15) is 4.39 Å². The Hall–Kier alpha value is -1.53. The average molecular weight is 307 g/mol. The lowest BCUT2D eigenvalue weighted by atomic mass is 10.2. The molecule has 1 aromatic carbocycles. The second-order valence-electron chi connectivity index (χ2n) is 5.15. The molecule has 1 aliphatic rings. The van der Waals surface area contributed by atoms with E-state index in [2.05, 4.69) is 15.5 Å². The van der Waals surface area contributed by atoms with Crippen molar-refractivity contribution in [3.05, 3.63) is 29.0 Å². The van der Waals surface area contributed by atoms with Crippen molar-refractivity contribution < 1.29 is 9.13 Å². The van der Waals surface area contributed by atoms with Crippen molar-refractivity contribution in [2.45, 2.75) is 31.7 Å². The summed E-state index contributed by atoms with van der Waals surface area (Å²) in [5.74, 6) is 0.167. The van der Waals surface area contributed by atoms with Crippen LogP contribution in [0.1, 0.15) is 24.3 Å². The van der Waals surface area contributed by atoms with Crippen LogP contribution in [0, 0.1) is 5.82 Å². The van der Waals surface area contributed by atoms with Gasteiger partial charge in [0.05, 0.1) is 12.7 Å². The zero-order valence-corrected chi connectivity index (χ0v) is 12.8. The van der Waals surface area contributed by atoms with E-state index >= 15 is 0 Å². The van der Waals surface area contributed by atoms with E-state index in [0.717, 1.165) is 30.4 Å². The van der Waals surface area contributed by atoms with Crippen LogP contribution in [0.15, 0.2) is 18.2 Å². The van der Waals surface area contributed by atoms with Gasteiger partial charge in [-0.25, -0.2) is 4.39 Å². The van der Waals surface area contributed by atoms with Gasteiger partial charge in [-0.2, -0.15) is 0 Å². The average Bonchev–Trinajstić information content (AvgIpc) is 3.21. The van der Waals surface area contributed by atoms with Crippen LogP contribution in [0.2, 0.25) is 0 Å². The lowest BCUT2D eigenvalue weighted by Crippen LogP contribution is -2.17. The molecule has 3 rings (SSSR count). The summed E-state index contributed by atoms with van der Waals surface area (Å²) in [6, 6.07) is 5.51. The molecule has 112 valence electrons. The van der Waals surface area contributed by atoms with Gasteiger partial charge in [0, 0.05) is 12.5 Å². The Balaban J connectivity index is 1.66. The maximum absolute atomic E-state index is 14.0. The first-order valence-electron chi connectivity index (χ1n) is 7.16. The van der Waals surface area contributed by atoms with Crippen molar-refractivity contribution in [3.8, 4) is 16.3 Å². The molecule has 0 amide bonds. The van der Waals surface area contributed by atoms with Crippen LogP contribution < -0.4 is 10.1 Å². The Morgan fingerprint density at radius 3 is 3.00 bits per heavy atom. The fourth-order valence-corrected chi connectivity index (χ4v) is 3.10. The third-order valence-corrected chi connectivity index (χ3v) is 4.45. The van der Waals surface area contributed by atoms with Crippen molar-refractivity contribution in [2.75, 3.05) is 13.7 Å². The van der Waals surface area contributed by atoms with Crippen molar-refractivity contribution in [1.29, 1.82) is 0 Å². The molecule has 4 nitrogen and oxygen atoms in total. The number of nitrogens with zero attached hydrogens (tertiary/aromatic N) is 2. The summed E-state index contributed by atoms with van der Waals surface area (Å²) in [6.45, 7) is 1.00. The molecule has 1 N–H and O–H groups in total. The van der Waals surface area contributed by atoms with Crippen LogP contribution >= 0.6 is 11.3 Å². The molecule has 0 saturated heterocycles. The number of rotatable bonds is 7. The fraction of sp³-hybridized carbons (Fsp3) is 0.467. The van der Waals surface area contributed by atoms with Crippen LogP contribution in [0.5, 0.6) is 5.75 Å². The first-order valence-corrected chi connectivity index (χ1v) is 7.98. The largest absolute Gasteiger partial charge is 0.496 e. The Bertz CT molecular complexity index is 613. The Kier molecular flexibility index (Phi) is 4.45. The Labute approximate surface area is 127 Å². The van der Waals surface area contributed by atoms with Crippen molar-refractivity contribution >= 4 is 11.3 Å². The summed E-state index contributed by atoms with van der Waals surface area (Å²) < 4.78 is 19.2. The number of halogens is 1. The summed E-state index contributed by atoms with van der Waals surface area (Å²) in [6.07, 6.45) is 4.50.